The average molecular weight is 715 g/mol. The van der Waals surface area contributed by atoms with Crippen LogP contribution in [0.25, 0.3) is 22.8 Å². The maximum absolute atomic E-state index is 14.3. The third kappa shape index (κ3) is 5.94. The molecule has 0 saturated carbocycles. The lowest BCUT2D eigenvalue weighted by Crippen LogP contribution is -2.47. The lowest BCUT2D eigenvalue weighted by molar-refractivity contribution is 0.0610. The normalized spacial score (nSPS) is 13.8. The lowest BCUT2D eigenvalue weighted by Gasteiger charge is -2.34. The minimum absolute atomic E-state index is 0.00274. The van der Waals surface area contributed by atoms with E-state index in [4.69, 9.17) is 0 Å². The molecule has 7 rings (SSSR count). The summed E-state index contributed by atoms with van der Waals surface area (Å²) in [6.45, 7) is 2.17. The van der Waals surface area contributed by atoms with Gasteiger partial charge in [0, 0.05) is 59.5 Å². The van der Waals surface area contributed by atoms with Gasteiger partial charge in [0.25, 0.3) is 11.8 Å². The molecule has 4 heterocycles. The van der Waals surface area contributed by atoms with Gasteiger partial charge in [-0.3, -0.25) is 18.7 Å². The van der Waals surface area contributed by atoms with E-state index in [0.29, 0.717) is 32.8 Å². The molecule has 1 N–H and O–H groups in total. The van der Waals surface area contributed by atoms with E-state index < -0.39 is 5.91 Å². The first-order valence-corrected chi connectivity index (χ1v) is 16.2. The van der Waals surface area contributed by atoms with Crippen molar-refractivity contribution in [2.24, 2.45) is 0 Å². The summed E-state index contributed by atoms with van der Waals surface area (Å²) in [6.07, 6.45) is 6.80. The number of amides is 2. The summed E-state index contributed by atoms with van der Waals surface area (Å²) >= 11 is 3.35. The summed E-state index contributed by atoms with van der Waals surface area (Å²) in [5.74, 6) is -0.267. The van der Waals surface area contributed by atoms with Gasteiger partial charge in [0.2, 0.25) is 0 Å². The van der Waals surface area contributed by atoms with Gasteiger partial charge in [0.15, 0.2) is 5.82 Å². The highest BCUT2D eigenvalue weighted by molar-refractivity contribution is 9.10. The molecule has 242 valence electrons. The highest BCUT2D eigenvalue weighted by Gasteiger charge is 2.35. The Morgan fingerprint density at radius 1 is 0.980 bits per heavy atom. The summed E-state index contributed by atoms with van der Waals surface area (Å²) < 4.78 is 5.25. The highest BCUT2D eigenvalue weighted by atomic mass is 79.9. The lowest BCUT2D eigenvalue weighted by atomic mass is 10.1. The van der Waals surface area contributed by atoms with Crippen LogP contribution in [0, 0.1) is 11.3 Å². The fourth-order valence-electron chi connectivity index (χ4n) is 6.04. The number of aromatic nitrogens is 6. The smallest absolute Gasteiger partial charge is 0.333 e. The molecule has 0 aliphatic carbocycles. The summed E-state index contributed by atoms with van der Waals surface area (Å²) in [5, 5.41) is 16.8. The molecule has 3 aromatic heterocycles. The molecule has 0 bridgehead atoms. The number of fused-ring (bicyclic) bond motifs is 1. The number of carbonyl (C=O) groups is 2. The zero-order valence-corrected chi connectivity index (χ0v) is 27.8. The van der Waals surface area contributed by atoms with E-state index in [1.807, 2.05) is 55.6 Å². The summed E-state index contributed by atoms with van der Waals surface area (Å²) in [5.41, 5.74) is 3.65. The van der Waals surface area contributed by atoms with Gasteiger partial charge < -0.3 is 10.2 Å². The number of nitrogens with one attached hydrogen (secondary N) is 1. The molecular formula is C36H28BrN9O3. The number of benzene rings is 3. The quantitative estimate of drug-likeness (QED) is 0.248. The SMILES string of the molecule is C[C@@H]1Cn2c(c(C(=O)NCc3ccccc3-c3ncccn3)n(-c3ccc(-n4cccn4)cc3)c2=O)CN1C(=O)c1ccc(Br)c(C#N)c1. The van der Waals surface area contributed by atoms with Crippen molar-refractivity contribution in [1.29, 1.82) is 5.26 Å². The number of nitriles is 1. The second-order valence-corrected chi connectivity index (χ2v) is 12.3. The molecule has 2 amide bonds. The fraction of sp³-hybridized carbons (Fsp3) is 0.139. The van der Waals surface area contributed by atoms with Gasteiger partial charge >= 0.3 is 5.69 Å². The largest absolute Gasteiger partial charge is 0.347 e. The van der Waals surface area contributed by atoms with Crippen LogP contribution < -0.4 is 11.0 Å². The van der Waals surface area contributed by atoms with Crippen molar-refractivity contribution in [2.75, 3.05) is 0 Å². The Morgan fingerprint density at radius 3 is 2.47 bits per heavy atom. The Labute approximate surface area is 289 Å². The van der Waals surface area contributed by atoms with E-state index in [-0.39, 0.29) is 43.0 Å². The first-order valence-electron chi connectivity index (χ1n) is 15.4. The molecule has 49 heavy (non-hydrogen) atoms. The Hall–Kier alpha value is -6.13. The van der Waals surface area contributed by atoms with Gasteiger partial charge in [-0.15, -0.1) is 0 Å². The molecule has 13 heteroatoms. The number of halogens is 1. The van der Waals surface area contributed by atoms with E-state index in [9.17, 15) is 19.6 Å². The third-order valence-electron chi connectivity index (χ3n) is 8.49. The van der Waals surface area contributed by atoms with Crippen LogP contribution in [0.3, 0.4) is 0 Å². The van der Waals surface area contributed by atoms with Crippen LogP contribution in [-0.2, 0) is 19.6 Å². The standard InChI is InChI=1S/C36H28BrN9O3/c1-23-21-44-31(22-43(23)35(48)24-8-13-30(37)26(18-24)19-38)32(46(36(44)49)28-11-9-27(10-12-28)45-17-5-16-42-45)34(47)41-20-25-6-2-3-7-29(25)33-39-14-4-15-40-33/h2-18,23H,20-22H2,1H3,(H,41,47)/t23-/m1/s1. The van der Waals surface area contributed by atoms with E-state index in [1.165, 1.54) is 10.6 Å². The Bertz CT molecular complexity index is 2290. The Kier molecular flexibility index (Phi) is 8.46. The molecule has 0 fully saturated rings. The summed E-state index contributed by atoms with van der Waals surface area (Å²) in [7, 11) is 0. The number of nitrogens with zero attached hydrogens (tertiary/aromatic N) is 8. The van der Waals surface area contributed by atoms with Gasteiger partial charge in [-0.2, -0.15) is 10.4 Å². The van der Waals surface area contributed by atoms with Gasteiger partial charge in [-0.1, -0.05) is 24.3 Å². The van der Waals surface area contributed by atoms with Crippen LogP contribution in [0.5, 0.6) is 0 Å². The molecule has 1 aliphatic rings. The number of imidazole rings is 1. The van der Waals surface area contributed by atoms with Crippen molar-refractivity contribution in [3.05, 3.63) is 147 Å². The van der Waals surface area contributed by atoms with Crippen LogP contribution in [0.4, 0.5) is 0 Å². The number of hydrogen-bond donors (Lipinski definition) is 1. The maximum atomic E-state index is 14.3. The molecule has 3 aromatic carbocycles. The van der Waals surface area contributed by atoms with Crippen LogP contribution in [0.2, 0.25) is 0 Å². The van der Waals surface area contributed by atoms with Crippen molar-refractivity contribution < 1.29 is 9.59 Å². The molecule has 0 spiro atoms. The van der Waals surface area contributed by atoms with Crippen molar-refractivity contribution in [3.63, 3.8) is 0 Å². The molecular weight excluding hydrogens is 686 g/mol. The third-order valence-corrected chi connectivity index (χ3v) is 9.19. The van der Waals surface area contributed by atoms with Gasteiger partial charge in [0.1, 0.15) is 11.8 Å². The summed E-state index contributed by atoms with van der Waals surface area (Å²) in [4.78, 5) is 52.7. The van der Waals surface area contributed by atoms with Crippen LogP contribution in [0.1, 0.15) is 44.6 Å². The highest BCUT2D eigenvalue weighted by Crippen LogP contribution is 2.27. The number of rotatable bonds is 7. The van der Waals surface area contributed by atoms with E-state index in [1.54, 1.807) is 63.1 Å². The Balaban J connectivity index is 1.28. The monoisotopic (exact) mass is 713 g/mol. The molecule has 0 radical (unpaired) electrons. The van der Waals surface area contributed by atoms with E-state index >= 15 is 0 Å². The molecule has 0 saturated heterocycles. The maximum Gasteiger partial charge on any atom is 0.333 e. The van der Waals surface area contributed by atoms with E-state index in [0.717, 1.165) is 16.8 Å². The van der Waals surface area contributed by atoms with Crippen molar-refractivity contribution in [3.8, 4) is 28.8 Å². The zero-order chi connectivity index (χ0) is 34.1. The molecule has 1 atom stereocenters. The van der Waals surface area contributed by atoms with Gasteiger partial charge in [-0.05, 0) is 83.0 Å². The molecule has 6 aromatic rings. The van der Waals surface area contributed by atoms with Crippen molar-refractivity contribution >= 4 is 27.7 Å². The molecule has 1 aliphatic heterocycles. The first kappa shape index (κ1) is 31.5. The predicted octanol–water partition coefficient (Wildman–Crippen LogP) is 4.89. The van der Waals surface area contributed by atoms with Crippen molar-refractivity contribution in [2.45, 2.75) is 32.6 Å². The van der Waals surface area contributed by atoms with Crippen LogP contribution in [-0.4, -0.2) is 51.6 Å². The van der Waals surface area contributed by atoms with Crippen molar-refractivity contribution in [1.82, 2.24) is 39.1 Å². The van der Waals surface area contributed by atoms with Crippen LogP contribution >= 0.6 is 15.9 Å². The molecule has 12 nitrogen and oxygen atoms in total. The zero-order valence-electron chi connectivity index (χ0n) is 26.2. The van der Waals surface area contributed by atoms with Gasteiger partial charge in [-0.25, -0.2) is 19.4 Å². The molecule has 0 unspecified atom stereocenters. The van der Waals surface area contributed by atoms with Crippen LogP contribution in [0.15, 0.2) is 113 Å². The predicted molar refractivity (Wildman–Crippen MR) is 184 cm³/mol. The van der Waals surface area contributed by atoms with Gasteiger partial charge in [0.05, 0.1) is 29.2 Å². The minimum Gasteiger partial charge on any atom is -0.347 e. The number of carbonyl (C=O) groups excluding carboxylic acids is 2. The summed E-state index contributed by atoms with van der Waals surface area (Å²) in [6, 6.07) is 24.8. The van der Waals surface area contributed by atoms with E-state index in [2.05, 4.69) is 42.4 Å². The fourth-order valence-corrected chi connectivity index (χ4v) is 6.37. The average Bonchev–Trinajstić information content (AvgIpc) is 3.77. The Morgan fingerprint density at radius 2 is 1.73 bits per heavy atom. The second kappa shape index (κ2) is 13.2. The first-order chi connectivity index (χ1) is 23.8. The number of hydrogen-bond acceptors (Lipinski definition) is 7. The second-order valence-electron chi connectivity index (χ2n) is 11.5. The topological polar surface area (TPSA) is 144 Å². The minimum atomic E-state index is -0.483.